The number of carbonyl (C=O) groups excluding carboxylic acids is 7. The molecule has 0 radical (unpaired) electrons. The number of hydrogen-bond acceptors (Lipinski definition) is 9. The average molecular weight is 1180 g/mol. The fourth-order valence-electron chi connectivity index (χ4n) is 8.67. The number of rotatable bonds is 20. The molecule has 1 aliphatic rings. The van der Waals surface area contributed by atoms with E-state index >= 15 is 0 Å². The topological polar surface area (TPSA) is 264 Å². The average Bonchev–Trinajstić information content (AvgIpc) is 3.43. The van der Waals surface area contributed by atoms with Crippen molar-refractivity contribution in [3.63, 3.8) is 0 Å². The molecule has 3 aromatic carbocycles. The van der Waals surface area contributed by atoms with Crippen molar-refractivity contribution in [3.8, 4) is 0 Å². The standard InChI is InChI=1S/C20H33N3O2.C16H31N3O2.C15H23N3O2.C15H23N3O/c1-13(2)17(24)22-19(5,6)15-10-9-11-16(12-15)20(7,8)23-18(25)21-14(3)4;1-11(2)13(20)18-15(5)8-7-9-16(6,10-15)19-14(21)17-12(3)4;1-9(2)14(19)17-12-7-6-11(5)13(8-12)18-15(20)16-10(3)4;1-10(2)15(19)18-14-8-6-7-13(9-14)17-12(5)16-11(3)4/h9-14H,1-8H3,(H,22,24)(H2,21,23,25);11-12H,7-10H2,1-6H3,(H,18,20)(H2,17,19,21);6-10H,1-5H3,(H,17,19)(H2,16,18,20);6-11,16-17H,5H2,1-4H3,(H,18,19). The Morgan fingerprint density at radius 3 is 1.33 bits per heavy atom. The highest BCUT2D eigenvalue weighted by Gasteiger charge is 2.41. The molecule has 0 spiro atoms. The molecule has 0 bridgehead atoms. The molecular weight excluding hydrogens is 1070 g/mol. The molecule has 19 nitrogen and oxygen atoms in total. The van der Waals surface area contributed by atoms with Crippen molar-refractivity contribution >= 4 is 64.5 Å². The van der Waals surface area contributed by atoms with Crippen LogP contribution in [-0.2, 0) is 30.3 Å². The van der Waals surface area contributed by atoms with Crippen molar-refractivity contribution in [1.29, 1.82) is 0 Å². The van der Waals surface area contributed by atoms with Gasteiger partial charge in [-0.2, -0.15) is 0 Å². The van der Waals surface area contributed by atoms with Crippen molar-refractivity contribution in [1.82, 2.24) is 42.5 Å². The van der Waals surface area contributed by atoms with E-state index in [9.17, 15) is 33.6 Å². The van der Waals surface area contributed by atoms with Crippen molar-refractivity contribution < 1.29 is 33.6 Å². The van der Waals surface area contributed by atoms with Crippen LogP contribution in [0.1, 0.15) is 195 Å². The molecule has 12 N–H and O–H groups in total. The molecule has 2 unspecified atom stereocenters. The van der Waals surface area contributed by atoms with Crippen LogP contribution in [0.25, 0.3) is 0 Å². The van der Waals surface area contributed by atoms with Gasteiger partial charge in [0.1, 0.15) is 0 Å². The number of anilines is 4. The zero-order valence-electron chi connectivity index (χ0n) is 55.9. The second kappa shape index (κ2) is 34.6. The van der Waals surface area contributed by atoms with Crippen LogP contribution in [0.4, 0.5) is 37.1 Å². The summed E-state index contributed by atoms with van der Waals surface area (Å²) in [5.41, 5.74) is 4.39. The zero-order valence-corrected chi connectivity index (χ0v) is 55.9. The molecular formula is C66H110N12O7. The van der Waals surface area contributed by atoms with Gasteiger partial charge in [-0.1, -0.05) is 98.4 Å². The number of aryl methyl sites for hydroxylation is 1. The Labute approximate surface area is 510 Å². The minimum atomic E-state index is -0.535. The second-order valence-electron chi connectivity index (χ2n) is 26.3. The predicted molar refractivity (Wildman–Crippen MR) is 350 cm³/mol. The summed E-state index contributed by atoms with van der Waals surface area (Å²) in [6.07, 6.45) is 3.64. The Morgan fingerprint density at radius 1 is 0.447 bits per heavy atom. The number of amides is 10. The van der Waals surface area contributed by atoms with Gasteiger partial charge in [-0.15, -0.1) is 0 Å². The first kappa shape index (κ1) is 75.7. The summed E-state index contributed by atoms with van der Waals surface area (Å²) in [7, 11) is 0. The summed E-state index contributed by atoms with van der Waals surface area (Å²) >= 11 is 0. The van der Waals surface area contributed by atoms with E-state index in [-0.39, 0.29) is 94.6 Å². The van der Waals surface area contributed by atoms with E-state index in [0.717, 1.165) is 59.6 Å². The molecule has 4 rings (SSSR count). The largest absolute Gasteiger partial charge is 0.370 e. The SMILES string of the molecule is C=C(Nc1cccc(NC(=O)C(C)C)c1)NC(C)C.CC(C)NC(=O)NC(C)(C)c1cccc(C(C)(C)NC(=O)C(C)C)c1.CC(C)NC(=O)NC1(C)CCCC(C)(NC(=O)C(C)C)C1.Cc1ccc(NC(=O)C(C)C)cc1NC(=O)NC(C)C. The molecule has 0 saturated heterocycles. The van der Waals surface area contributed by atoms with Crippen LogP contribution in [0.15, 0.2) is 79.1 Å². The van der Waals surface area contributed by atoms with Crippen molar-refractivity contribution in [2.45, 2.75) is 231 Å². The minimum Gasteiger partial charge on any atom is -0.370 e. The maximum atomic E-state index is 12.1. The number of nitrogens with one attached hydrogen (secondary N) is 12. The van der Waals surface area contributed by atoms with E-state index in [4.69, 9.17) is 0 Å². The fraction of sp³-hybridized carbons (Fsp3) is 0.591. The third-order valence-electron chi connectivity index (χ3n) is 13.2. The van der Waals surface area contributed by atoms with E-state index in [0.29, 0.717) is 17.4 Å². The molecule has 0 heterocycles. The molecule has 0 aliphatic heterocycles. The highest BCUT2D eigenvalue weighted by Crippen LogP contribution is 2.35. The van der Waals surface area contributed by atoms with Gasteiger partial charge >= 0.3 is 18.1 Å². The van der Waals surface area contributed by atoms with E-state index in [1.165, 1.54) is 0 Å². The van der Waals surface area contributed by atoms with Crippen LogP contribution < -0.4 is 63.8 Å². The van der Waals surface area contributed by atoms with Gasteiger partial charge in [0.25, 0.3) is 0 Å². The lowest BCUT2D eigenvalue weighted by molar-refractivity contribution is -0.127. The van der Waals surface area contributed by atoms with Gasteiger partial charge in [0.2, 0.25) is 23.6 Å². The molecule has 3 aromatic rings. The Balaban J connectivity index is 0.000000570. The van der Waals surface area contributed by atoms with E-state index < -0.39 is 11.1 Å². The molecule has 0 aromatic heterocycles. The van der Waals surface area contributed by atoms with E-state index in [1.54, 1.807) is 6.07 Å². The molecule has 476 valence electrons. The fourth-order valence-corrected chi connectivity index (χ4v) is 8.67. The first-order valence-electron chi connectivity index (χ1n) is 30.1. The monoisotopic (exact) mass is 1180 g/mol. The second-order valence-corrected chi connectivity index (χ2v) is 26.3. The van der Waals surface area contributed by atoms with Gasteiger partial charge in [-0.05, 0) is 177 Å². The van der Waals surface area contributed by atoms with Crippen molar-refractivity contribution in [3.05, 3.63) is 95.8 Å². The normalized spacial score (nSPS) is 15.7. The number of hydrogen-bond donors (Lipinski definition) is 12. The van der Waals surface area contributed by atoms with Crippen LogP contribution in [-0.4, -0.2) is 77.0 Å². The Morgan fingerprint density at radius 2 is 0.859 bits per heavy atom. The minimum absolute atomic E-state index is 0.0104. The third-order valence-corrected chi connectivity index (χ3v) is 13.2. The lowest BCUT2D eigenvalue weighted by Crippen LogP contribution is -2.61. The van der Waals surface area contributed by atoms with Crippen LogP contribution in [0.2, 0.25) is 0 Å². The first-order valence-corrected chi connectivity index (χ1v) is 30.1. The van der Waals surface area contributed by atoms with Crippen molar-refractivity contribution in [2.24, 2.45) is 23.7 Å². The summed E-state index contributed by atoms with van der Waals surface area (Å²) in [5, 5.41) is 35.6. The third kappa shape index (κ3) is 29.9. The molecule has 85 heavy (non-hydrogen) atoms. The maximum absolute atomic E-state index is 12.1. The molecule has 10 amide bonds. The highest BCUT2D eigenvalue weighted by atomic mass is 16.2. The van der Waals surface area contributed by atoms with Gasteiger partial charge < -0.3 is 63.8 Å². The first-order chi connectivity index (χ1) is 39.1. The van der Waals surface area contributed by atoms with Gasteiger partial charge in [0, 0.05) is 81.7 Å². The van der Waals surface area contributed by atoms with E-state index in [1.807, 2.05) is 206 Å². The Kier molecular flexibility index (Phi) is 30.8. The summed E-state index contributed by atoms with van der Waals surface area (Å²) in [5.74, 6) is 0.584. The van der Waals surface area contributed by atoms with Crippen molar-refractivity contribution in [2.75, 3.05) is 21.3 Å². The Hall–Kier alpha value is -7.31. The van der Waals surface area contributed by atoms with Gasteiger partial charge in [-0.25, -0.2) is 14.4 Å². The molecule has 1 saturated carbocycles. The number of urea groups is 3. The summed E-state index contributed by atoms with van der Waals surface area (Å²) in [6, 6.07) is 21.0. The van der Waals surface area contributed by atoms with Gasteiger partial charge in [-0.3, -0.25) is 19.2 Å². The quantitative estimate of drug-likeness (QED) is 0.0512. The highest BCUT2D eigenvalue weighted by molar-refractivity contribution is 5.95. The summed E-state index contributed by atoms with van der Waals surface area (Å²) in [6.45, 7) is 48.4. The predicted octanol–water partition coefficient (Wildman–Crippen LogP) is 12.5. The molecule has 19 heteroatoms. The number of carbonyl (C=O) groups is 7. The van der Waals surface area contributed by atoms with Gasteiger partial charge in [0.15, 0.2) is 0 Å². The lowest BCUT2D eigenvalue weighted by Gasteiger charge is -2.45. The van der Waals surface area contributed by atoms with Crippen LogP contribution in [0, 0.1) is 30.6 Å². The zero-order chi connectivity index (χ0) is 65.4. The van der Waals surface area contributed by atoms with Gasteiger partial charge in [0.05, 0.1) is 16.9 Å². The number of benzene rings is 3. The molecule has 2 atom stereocenters. The summed E-state index contributed by atoms with van der Waals surface area (Å²) in [4.78, 5) is 83.1. The molecule has 1 aliphatic carbocycles. The van der Waals surface area contributed by atoms with Crippen LogP contribution in [0.3, 0.4) is 0 Å². The smallest absolute Gasteiger partial charge is 0.319 e. The lowest BCUT2D eigenvalue weighted by atomic mass is 9.72. The van der Waals surface area contributed by atoms with Crippen LogP contribution >= 0.6 is 0 Å². The molecule has 1 fully saturated rings. The van der Waals surface area contributed by atoms with E-state index in [2.05, 4.69) is 84.2 Å². The Bertz CT molecular complexity index is 2680. The maximum Gasteiger partial charge on any atom is 0.319 e. The van der Waals surface area contributed by atoms with Crippen LogP contribution in [0.5, 0.6) is 0 Å². The summed E-state index contributed by atoms with van der Waals surface area (Å²) < 4.78 is 0.